The Kier molecular flexibility index (Phi) is 5.84. The molecule has 1 N–H and O–H groups in total. The quantitative estimate of drug-likeness (QED) is 0.735. The van der Waals surface area contributed by atoms with Crippen LogP contribution < -0.4 is 10.2 Å². The van der Waals surface area contributed by atoms with Crippen molar-refractivity contribution in [2.45, 2.75) is 45.3 Å². The molecule has 0 bridgehead atoms. The fourth-order valence-electron chi connectivity index (χ4n) is 2.99. The summed E-state index contributed by atoms with van der Waals surface area (Å²) in [6.45, 7) is 14.0. The van der Waals surface area contributed by atoms with Gasteiger partial charge in [0.25, 0.3) is 0 Å². The van der Waals surface area contributed by atoms with E-state index in [0.29, 0.717) is 11.3 Å². The summed E-state index contributed by atoms with van der Waals surface area (Å²) < 4.78 is 19.2. The Morgan fingerprint density at radius 2 is 2.11 bits per heavy atom. The molecule has 1 aliphatic heterocycles. The zero-order valence-corrected chi connectivity index (χ0v) is 17.0. The Bertz CT molecular complexity index is 892. The second-order valence-electron chi connectivity index (χ2n) is 7.70. The fourth-order valence-corrected chi connectivity index (χ4v) is 3.88. The molecule has 3 rings (SSSR count). The van der Waals surface area contributed by atoms with Gasteiger partial charge >= 0.3 is 6.09 Å². The molecule has 0 radical (unpaired) electrons. The molecule has 0 unspecified atom stereocenters. The molecule has 0 atom stereocenters. The van der Waals surface area contributed by atoms with Crippen molar-refractivity contribution in [1.82, 2.24) is 10.3 Å². The van der Waals surface area contributed by atoms with Crippen molar-refractivity contribution in [2.24, 2.45) is 0 Å². The molecular formula is C20H23FN4O2S. The van der Waals surface area contributed by atoms with Gasteiger partial charge in [-0.25, -0.2) is 19.0 Å². The van der Waals surface area contributed by atoms with Crippen LogP contribution in [0.1, 0.15) is 33.6 Å². The minimum atomic E-state index is -0.531. The maximum Gasteiger partial charge on any atom is 0.407 e. The van der Waals surface area contributed by atoms with Gasteiger partial charge in [-0.3, -0.25) is 0 Å². The number of carbonyl (C=O) groups excluding carboxylic acids is 1. The van der Waals surface area contributed by atoms with Crippen LogP contribution in [-0.2, 0) is 4.74 Å². The van der Waals surface area contributed by atoms with E-state index in [9.17, 15) is 9.18 Å². The summed E-state index contributed by atoms with van der Waals surface area (Å²) in [6, 6.07) is 4.63. The van der Waals surface area contributed by atoms with Crippen LogP contribution in [0.3, 0.4) is 0 Å². The molecular weight excluding hydrogens is 379 g/mol. The second-order valence-corrected chi connectivity index (χ2v) is 8.54. The number of nitrogens with zero attached hydrogens (tertiary/aromatic N) is 3. The van der Waals surface area contributed by atoms with E-state index in [0.717, 1.165) is 31.1 Å². The fraction of sp³-hybridized carbons (Fsp3) is 0.450. The summed E-state index contributed by atoms with van der Waals surface area (Å²) in [5.41, 5.74) is 0.867. The summed E-state index contributed by atoms with van der Waals surface area (Å²) >= 11 is 1.51. The van der Waals surface area contributed by atoms with E-state index in [-0.39, 0.29) is 17.8 Å². The van der Waals surface area contributed by atoms with Crippen LogP contribution in [0, 0.1) is 12.4 Å². The first-order chi connectivity index (χ1) is 13.2. The Morgan fingerprint density at radius 1 is 1.39 bits per heavy atom. The third-order valence-electron chi connectivity index (χ3n) is 4.34. The van der Waals surface area contributed by atoms with E-state index in [1.54, 1.807) is 6.07 Å². The van der Waals surface area contributed by atoms with Crippen LogP contribution in [0.4, 0.5) is 20.0 Å². The van der Waals surface area contributed by atoms with Crippen LogP contribution in [-0.4, -0.2) is 35.8 Å². The standard InChI is InChI=1S/C20H23FN4O2S/c1-20(2,3)27-19(26)23-14-7-9-25(10-8-14)18-24-17(12-28-18)13-5-6-16(22-4)15(21)11-13/h5-6,11-12,14H,7-10H2,1-3H3,(H,23,26). The van der Waals surface area contributed by atoms with Crippen LogP contribution in [0.5, 0.6) is 0 Å². The second kappa shape index (κ2) is 8.15. The highest BCUT2D eigenvalue weighted by molar-refractivity contribution is 7.14. The summed E-state index contributed by atoms with van der Waals surface area (Å²) in [4.78, 5) is 21.8. The summed E-state index contributed by atoms with van der Waals surface area (Å²) in [7, 11) is 0. The first-order valence-electron chi connectivity index (χ1n) is 9.12. The number of rotatable bonds is 3. The molecule has 1 aromatic heterocycles. The number of alkyl carbamates (subject to hydrolysis) is 1. The lowest BCUT2D eigenvalue weighted by Crippen LogP contribution is -2.46. The van der Waals surface area contributed by atoms with Gasteiger partial charge in [0, 0.05) is 30.1 Å². The Labute approximate surface area is 168 Å². The molecule has 1 amide bonds. The zero-order chi connectivity index (χ0) is 20.3. The number of halogens is 1. The van der Waals surface area contributed by atoms with Crippen molar-refractivity contribution in [3.63, 3.8) is 0 Å². The third kappa shape index (κ3) is 4.98. The minimum absolute atomic E-state index is 0.0127. The van der Waals surface area contributed by atoms with Crippen molar-refractivity contribution >= 4 is 28.2 Å². The predicted molar refractivity (Wildman–Crippen MR) is 108 cm³/mol. The Balaban J connectivity index is 1.58. The summed E-state index contributed by atoms with van der Waals surface area (Å²) in [5.74, 6) is -0.531. The molecule has 1 aromatic carbocycles. The molecule has 1 saturated heterocycles. The van der Waals surface area contributed by atoms with E-state index in [4.69, 9.17) is 11.3 Å². The number of thiazole rings is 1. The van der Waals surface area contributed by atoms with Gasteiger partial charge in [-0.1, -0.05) is 12.1 Å². The lowest BCUT2D eigenvalue weighted by Gasteiger charge is -2.32. The SMILES string of the molecule is [C-]#[N+]c1ccc(-c2csc(N3CCC(NC(=O)OC(C)(C)C)CC3)n2)cc1F. The number of piperidine rings is 1. The van der Waals surface area contributed by atoms with Gasteiger partial charge in [-0.05, 0) is 39.7 Å². The number of nitrogens with one attached hydrogen (secondary N) is 1. The van der Waals surface area contributed by atoms with Crippen molar-refractivity contribution in [1.29, 1.82) is 0 Å². The Morgan fingerprint density at radius 3 is 2.71 bits per heavy atom. The monoisotopic (exact) mass is 402 g/mol. The van der Waals surface area contributed by atoms with Crippen molar-refractivity contribution in [2.75, 3.05) is 18.0 Å². The average Bonchev–Trinajstić information content (AvgIpc) is 3.10. The molecule has 0 aliphatic carbocycles. The maximum atomic E-state index is 13.9. The molecule has 2 aromatic rings. The molecule has 0 saturated carbocycles. The minimum Gasteiger partial charge on any atom is -0.444 e. The molecule has 8 heteroatoms. The van der Waals surface area contributed by atoms with Crippen molar-refractivity contribution in [3.8, 4) is 11.3 Å². The molecule has 28 heavy (non-hydrogen) atoms. The van der Waals surface area contributed by atoms with E-state index in [2.05, 4.69) is 20.0 Å². The highest BCUT2D eigenvalue weighted by Crippen LogP contribution is 2.31. The molecule has 148 valence electrons. The van der Waals surface area contributed by atoms with E-state index in [1.807, 2.05) is 26.2 Å². The van der Waals surface area contributed by atoms with Crippen LogP contribution >= 0.6 is 11.3 Å². The van der Waals surface area contributed by atoms with Crippen molar-refractivity contribution < 1.29 is 13.9 Å². The van der Waals surface area contributed by atoms with Gasteiger partial charge in [0.1, 0.15) is 11.4 Å². The van der Waals surface area contributed by atoms with Gasteiger partial charge in [0.2, 0.25) is 5.69 Å². The molecule has 6 nitrogen and oxygen atoms in total. The molecule has 1 aliphatic rings. The number of hydrogen-bond donors (Lipinski definition) is 1. The summed E-state index contributed by atoms with van der Waals surface area (Å²) in [6.07, 6.45) is 1.23. The smallest absolute Gasteiger partial charge is 0.407 e. The largest absolute Gasteiger partial charge is 0.444 e. The van der Waals surface area contributed by atoms with E-state index >= 15 is 0 Å². The lowest BCUT2D eigenvalue weighted by atomic mass is 10.1. The van der Waals surface area contributed by atoms with E-state index < -0.39 is 11.4 Å². The van der Waals surface area contributed by atoms with Crippen LogP contribution in [0.25, 0.3) is 16.1 Å². The number of ether oxygens (including phenoxy) is 1. The average molecular weight is 402 g/mol. The number of amides is 1. The first kappa shape index (κ1) is 20.1. The predicted octanol–water partition coefficient (Wildman–Crippen LogP) is 4.99. The Hall–Kier alpha value is -2.66. The number of aromatic nitrogens is 1. The topological polar surface area (TPSA) is 58.8 Å². The number of hydrogen-bond acceptors (Lipinski definition) is 5. The highest BCUT2D eigenvalue weighted by Gasteiger charge is 2.25. The number of benzene rings is 1. The number of anilines is 1. The molecule has 0 spiro atoms. The first-order valence-corrected chi connectivity index (χ1v) is 10.0. The molecule has 1 fully saturated rings. The zero-order valence-electron chi connectivity index (χ0n) is 16.2. The van der Waals surface area contributed by atoms with E-state index in [1.165, 1.54) is 23.5 Å². The van der Waals surface area contributed by atoms with Gasteiger partial charge in [-0.2, -0.15) is 0 Å². The maximum absolute atomic E-state index is 13.9. The van der Waals surface area contributed by atoms with Crippen LogP contribution in [0.15, 0.2) is 23.6 Å². The lowest BCUT2D eigenvalue weighted by molar-refractivity contribution is 0.0497. The van der Waals surface area contributed by atoms with Crippen LogP contribution in [0.2, 0.25) is 0 Å². The van der Waals surface area contributed by atoms with Gasteiger partial charge < -0.3 is 15.0 Å². The normalized spacial score (nSPS) is 15.2. The van der Waals surface area contributed by atoms with Gasteiger partial charge in [0.05, 0.1) is 12.3 Å². The highest BCUT2D eigenvalue weighted by atomic mass is 32.1. The third-order valence-corrected chi connectivity index (χ3v) is 5.24. The summed E-state index contributed by atoms with van der Waals surface area (Å²) in [5, 5.41) is 5.70. The number of carbonyl (C=O) groups is 1. The van der Waals surface area contributed by atoms with Gasteiger partial charge in [-0.15, -0.1) is 11.3 Å². The van der Waals surface area contributed by atoms with Crippen molar-refractivity contribution in [3.05, 3.63) is 40.8 Å². The molecule has 2 heterocycles. The van der Waals surface area contributed by atoms with Gasteiger partial charge in [0.15, 0.2) is 5.13 Å².